The third-order valence-corrected chi connectivity index (χ3v) is 7.49. The summed E-state index contributed by atoms with van der Waals surface area (Å²) in [6.07, 6.45) is 1.44. The van der Waals surface area contributed by atoms with Crippen LogP contribution in [0.15, 0.2) is 23.1 Å². The Hall–Kier alpha value is -2.37. The maximum atomic E-state index is 12.7. The molecule has 0 atom stereocenters. The zero-order valence-electron chi connectivity index (χ0n) is 17.1. The largest absolute Gasteiger partial charge is 0.338 e. The number of hydrogen-bond donors (Lipinski definition) is 2. The molecule has 3 rings (SSSR count). The standard InChI is InChI=1S/C19H25N5O4S2/c1-12-10-16(21-14(3)25)4-5-17(12)30(27,28)20-11-15-6-8-24(9-7-15)19(26)18-13(2)22-23-29-18/h4-5,10,15,20H,6-9,11H2,1-3H3,(H,21,25). The molecular formula is C19H25N5O4S2. The highest BCUT2D eigenvalue weighted by atomic mass is 32.2. The summed E-state index contributed by atoms with van der Waals surface area (Å²) in [6, 6.07) is 4.70. The van der Waals surface area contributed by atoms with E-state index in [2.05, 4.69) is 19.6 Å². The van der Waals surface area contributed by atoms with Gasteiger partial charge in [0.15, 0.2) is 0 Å². The number of likely N-dealkylation sites (tertiary alicyclic amines) is 1. The Balaban J connectivity index is 1.55. The van der Waals surface area contributed by atoms with E-state index in [1.54, 1.807) is 30.9 Å². The van der Waals surface area contributed by atoms with Crippen LogP contribution in [-0.2, 0) is 14.8 Å². The Bertz CT molecular complexity index is 1040. The molecule has 2 N–H and O–H groups in total. The van der Waals surface area contributed by atoms with Crippen molar-refractivity contribution in [2.75, 3.05) is 25.0 Å². The topological polar surface area (TPSA) is 121 Å². The highest BCUT2D eigenvalue weighted by Crippen LogP contribution is 2.23. The molecule has 2 heterocycles. The molecule has 0 bridgehead atoms. The fourth-order valence-corrected chi connectivity index (χ4v) is 5.41. The van der Waals surface area contributed by atoms with Crippen molar-refractivity contribution in [3.05, 3.63) is 34.3 Å². The molecular weight excluding hydrogens is 426 g/mol. The molecule has 2 amide bonds. The number of amides is 2. The number of nitrogens with zero attached hydrogens (tertiary/aromatic N) is 3. The summed E-state index contributed by atoms with van der Waals surface area (Å²) in [7, 11) is -3.66. The van der Waals surface area contributed by atoms with Gasteiger partial charge in [-0.2, -0.15) is 0 Å². The molecule has 0 saturated carbocycles. The van der Waals surface area contributed by atoms with Gasteiger partial charge < -0.3 is 10.2 Å². The van der Waals surface area contributed by atoms with Crippen LogP contribution in [0, 0.1) is 19.8 Å². The summed E-state index contributed by atoms with van der Waals surface area (Å²) in [5, 5.41) is 6.52. The number of aryl methyl sites for hydroxylation is 2. The van der Waals surface area contributed by atoms with Crippen LogP contribution in [-0.4, -0.2) is 54.4 Å². The van der Waals surface area contributed by atoms with Gasteiger partial charge in [-0.3, -0.25) is 9.59 Å². The summed E-state index contributed by atoms with van der Waals surface area (Å²) in [5.41, 5.74) is 1.75. The normalized spacial score (nSPS) is 15.2. The van der Waals surface area contributed by atoms with E-state index in [0.717, 1.165) is 24.4 Å². The fraction of sp³-hybridized carbons (Fsp3) is 0.474. The van der Waals surface area contributed by atoms with Gasteiger partial charge in [0.25, 0.3) is 5.91 Å². The summed E-state index contributed by atoms with van der Waals surface area (Å²) in [4.78, 5) is 26.2. The van der Waals surface area contributed by atoms with Gasteiger partial charge in [0.1, 0.15) is 4.88 Å². The van der Waals surface area contributed by atoms with E-state index in [1.807, 2.05) is 0 Å². The van der Waals surface area contributed by atoms with Gasteiger partial charge in [0.05, 0.1) is 10.6 Å². The molecule has 1 aromatic carbocycles. The first kappa shape index (κ1) is 22.3. The predicted molar refractivity (Wildman–Crippen MR) is 114 cm³/mol. The molecule has 11 heteroatoms. The number of benzene rings is 1. The van der Waals surface area contributed by atoms with E-state index < -0.39 is 10.0 Å². The number of carbonyl (C=O) groups is 2. The zero-order valence-corrected chi connectivity index (χ0v) is 18.8. The SMILES string of the molecule is CC(=O)Nc1ccc(S(=O)(=O)NCC2CCN(C(=O)c3snnc3C)CC2)c(C)c1. The number of aromatic nitrogens is 2. The van der Waals surface area contributed by atoms with Crippen LogP contribution in [0.5, 0.6) is 0 Å². The first-order chi connectivity index (χ1) is 14.2. The minimum absolute atomic E-state index is 0.0589. The summed E-state index contributed by atoms with van der Waals surface area (Å²) >= 11 is 1.10. The minimum atomic E-state index is -3.66. The second kappa shape index (κ2) is 9.19. The predicted octanol–water partition coefficient (Wildman–Crippen LogP) is 1.94. The lowest BCUT2D eigenvalue weighted by Gasteiger charge is -2.31. The van der Waals surface area contributed by atoms with E-state index in [0.29, 0.717) is 41.5 Å². The highest BCUT2D eigenvalue weighted by molar-refractivity contribution is 7.89. The first-order valence-electron chi connectivity index (χ1n) is 9.63. The molecule has 1 saturated heterocycles. The number of carbonyl (C=O) groups excluding carboxylic acids is 2. The lowest BCUT2D eigenvalue weighted by molar-refractivity contribution is -0.114. The van der Waals surface area contributed by atoms with Gasteiger partial charge in [-0.25, -0.2) is 13.1 Å². The monoisotopic (exact) mass is 451 g/mol. The van der Waals surface area contributed by atoms with E-state index in [-0.39, 0.29) is 22.6 Å². The lowest BCUT2D eigenvalue weighted by atomic mass is 9.97. The molecule has 1 aliphatic heterocycles. The molecule has 1 fully saturated rings. The van der Waals surface area contributed by atoms with Crippen LogP contribution in [0.1, 0.15) is 40.7 Å². The molecule has 0 spiro atoms. The molecule has 2 aromatic rings. The fourth-order valence-electron chi connectivity index (χ4n) is 3.45. The second-order valence-corrected chi connectivity index (χ2v) is 9.93. The third-order valence-electron chi connectivity index (χ3n) is 5.09. The van der Waals surface area contributed by atoms with Crippen LogP contribution < -0.4 is 10.0 Å². The summed E-state index contributed by atoms with van der Waals surface area (Å²) in [5.74, 6) is -0.116. The van der Waals surface area contributed by atoms with Gasteiger partial charge in [-0.15, -0.1) is 5.10 Å². The highest BCUT2D eigenvalue weighted by Gasteiger charge is 2.27. The molecule has 0 radical (unpaired) electrons. The van der Waals surface area contributed by atoms with E-state index in [4.69, 9.17) is 0 Å². The quantitative estimate of drug-likeness (QED) is 0.692. The average Bonchev–Trinajstić information content (AvgIpc) is 3.11. The van der Waals surface area contributed by atoms with Crippen LogP contribution in [0.3, 0.4) is 0 Å². The van der Waals surface area contributed by atoms with Crippen LogP contribution in [0.2, 0.25) is 0 Å². The number of piperidine rings is 1. The lowest BCUT2D eigenvalue weighted by Crippen LogP contribution is -2.41. The number of anilines is 1. The van der Waals surface area contributed by atoms with Crippen LogP contribution in [0.4, 0.5) is 5.69 Å². The van der Waals surface area contributed by atoms with Crippen molar-refractivity contribution >= 4 is 39.1 Å². The third kappa shape index (κ3) is 5.21. The number of rotatable bonds is 6. The van der Waals surface area contributed by atoms with Crippen LogP contribution in [0.25, 0.3) is 0 Å². The minimum Gasteiger partial charge on any atom is -0.338 e. The first-order valence-corrected chi connectivity index (χ1v) is 11.9. The Kier molecular flexibility index (Phi) is 6.84. The summed E-state index contributed by atoms with van der Waals surface area (Å²) in [6.45, 7) is 6.33. The average molecular weight is 452 g/mol. The van der Waals surface area contributed by atoms with Crippen molar-refractivity contribution in [3.63, 3.8) is 0 Å². The number of nitrogens with one attached hydrogen (secondary N) is 2. The maximum absolute atomic E-state index is 12.7. The summed E-state index contributed by atoms with van der Waals surface area (Å²) < 4.78 is 31.9. The van der Waals surface area contributed by atoms with Gasteiger partial charge in [0, 0.05) is 32.2 Å². The number of sulfonamides is 1. The molecule has 30 heavy (non-hydrogen) atoms. The second-order valence-electron chi connectivity index (χ2n) is 7.44. The molecule has 162 valence electrons. The Labute approximate surface area is 180 Å². The van der Waals surface area contributed by atoms with Crippen LogP contribution >= 0.6 is 11.5 Å². The van der Waals surface area contributed by atoms with Gasteiger partial charge in [-0.05, 0) is 67.9 Å². The Morgan fingerprint density at radius 3 is 2.50 bits per heavy atom. The molecule has 1 aliphatic rings. The van der Waals surface area contributed by atoms with Gasteiger partial charge in [-0.1, -0.05) is 4.49 Å². The smallest absolute Gasteiger partial charge is 0.267 e. The maximum Gasteiger partial charge on any atom is 0.267 e. The molecule has 0 unspecified atom stereocenters. The Morgan fingerprint density at radius 2 is 1.93 bits per heavy atom. The molecule has 0 aliphatic carbocycles. The van der Waals surface area contributed by atoms with Crippen molar-refractivity contribution in [1.29, 1.82) is 0 Å². The number of hydrogen-bond acceptors (Lipinski definition) is 7. The molecule has 9 nitrogen and oxygen atoms in total. The zero-order chi connectivity index (χ0) is 21.9. The van der Waals surface area contributed by atoms with Crippen molar-refractivity contribution in [2.24, 2.45) is 5.92 Å². The van der Waals surface area contributed by atoms with Crippen molar-refractivity contribution < 1.29 is 18.0 Å². The van der Waals surface area contributed by atoms with Gasteiger partial charge >= 0.3 is 0 Å². The Morgan fingerprint density at radius 1 is 1.23 bits per heavy atom. The van der Waals surface area contributed by atoms with Crippen molar-refractivity contribution in [3.8, 4) is 0 Å². The van der Waals surface area contributed by atoms with E-state index in [9.17, 15) is 18.0 Å². The molecule has 1 aromatic heterocycles. The van der Waals surface area contributed by atoms with E-state index >= 15 is 0 Å². The van der Waals surface area contributed by atoms with Crippen molar-refractivity contribution in [1.82, 2.24) is 19.2 Å². The van der Waals surface area contributed by atoms with Gasteiger partial charge in [0.2, 0.25) is 15.9 Å². The van der Waals surface area contributed by atoms with Crippen molar-refractivity contribution in [2.45, 2.75) is 38.5 Å². The van der Waals surface area contributed by atoms with E-state index in [1.165, 1.54) is 13.0 Å².